The van der Waals surface area contributed by atoms with E-state index in [1.807, 2.05) is 30.5 Å². The topological polar surface area (TPSA) is 88.4 Å². The molecule has 3 heterocycles. The summed E-state index contributed by atoms with van der Waals surface area (Å²) >= 11 is 0. The van der Waals surface area contributed by atoms with E-state index in [0.29, 0.717) is 19.3 Å². The number of ether oxygens (including phenoxy) is 1. The maximum Gasteiger partial charge on any atom is 0.228 e. The molecule has 32 heavy (non-hydrogen) atoms. The minimum absolute atomic E-state index is 0.205. The number of morpholine rings is 1. The van der Waals surface area contributed by atoms with E-state index < -0.39 is 0 Å². The summed E-state index contributed by atoms with van der Waals surface area (Å²) in [7, 11) is 1.71. The lowest BCUT2D eigenvalue weighted by molar-refractivity contribution is -0.107. The van der Waals surface area contributed by atoms with Gasteiger partial charge >= 0.3 is 0 Å². The standard InChI is InChI=1S/C23H29N7O2/c1-16-14-32-12-11-28(16)23-26-21(17-7-9-18(10-8-17)29(15-31)24-2)20-13-25-30(22(20)27-23)19-5-3-4-6-19/h7-10,13,15-16,19,24H,3-6,11-12,14H2,1-2H3/t16-/m0/s1. The van der Waals surface area contributed by atoms with Crippen molar-refractivity contribution < 1.29 is 9.53 Å². The fraction of sp³-hybridized carbons (Fsp3) is 0.478. The lowest BCUT2D eigenvalue weighted by Crippen LogP contribution is -2.44. The lowest BCUT2D eigenvalue weighted by atomic mass is 10.1. The van der Waals surface area contributed by atoms with Crippen LogP contribution in [0.2, 0.25) is 0 Å². The van der Waals surface area contributed by atoms with Crippen molar-refractivity contribution in [3.8, 4) is 11.3 Å². The number of hydrazine groups is 1. The smallest absolute Gasteiger partial charge is 0.228 e. The number of fused-ring (bicyclic) bond motifs is 1. The Morgan fingerprint density at radius 3 is 2.66 bits per heavy atom. The molecule has 1 aromatic carbocycles. The molecule has 1 aliphatic heterocycles. The molecule has 1 saturated carbocycles. The van der Waals surface area contributed by atoms with E-state index >= 15 is 0 Å². The Bertz CT molecular complexity index is 1090. The maximum atomic E-state index is 11.3. The van der Waals surface area contributed by atoms with E-state index in [2.05, 4.69) is 21.9 Å². The van der Waals surface area contributed by atoms with Crippen LogP contribution in [0.4, 0.5) is 11.6 Å². The van der Waals surface area contributed by atoms with Gasteiger partial charge in [0.15, 0.2) is 5.65 Å². The molecule has 2 aromatic heterocycles. The zero-order valence-electron chi connectivity index (χ0n) is 18.6. The van der Waals surface area contributed by atoms with E-state index in [-0.39, 0.29) is 6.04 Å². The van der Waals surface area contributed by atoms with Gasteiger partial charge in [-0.3, -0.25) is 4.79 Å². The van der Waals surface area contributed by atoms with Gasteiger partial charge in [-0.25, -0.2) is 20.1 Å². The maximum absolute atomic E-state index is 11.3. The lowest BCUT2D eigenvalue weighted by Gasteiger charge is -2.33. The fourth-order valence-electron chi connectivity index (χ4n) is 4.73. The molecule has 1 amide bonds. The number of hydrogen-bond donors (Lipinski definition) is 1. The highest BCUT2D eigenvalue weighted by molar-refractivity contribution is 5.91. The second-order valence-corrected chi connectivity index (χ2v) is 8.50. The molecule has 9 nitrogen and oxygen atoms in total. The van der Waals surface area contributed by atoms with E-state index in [1.54, 1.807) is 7.05 Å². The highest BCUT2D eigenvalue weighted by Gasteiger charge is 2.26. The van der Waals surface area contributed by atoms with Crippen LogP contribution >= 0.6 is 0 Å². The molecule has 168 valence electrons. The summed E-state index contributed by atoms with van der Waals surface area (Å²) in [6.45, 7) is 4.24. The van der Waals surface area contributed by atoms with Gasteiger partial charge in [0.05, 0.1) is 48.3 Å². The molecule has 9 heteroatoms. The summed E-state index contributed by atoms with van der Waals surface area (Å²) < 4.78 is 7.73. The quantitative estimate of drug-likeness (QED) is 0.470. The first kappa shape index (κ1) is 20.8. The van der Waals surface area contributed by atoms with Crippen LogP contribution in [0.3, 0.4) is 0 Å². The molecule has 1 aliphatic carbocycles. The van der Waals surface area contributed by atoms with E-state index in [4.69, 9.17) is 19.8 Å². The van der Waals surface area contributed by atoms with Crippen LogP contribution in [0.5, 0.6) is 0 Å². The number of carbonyl (C=O) groups excluding carboxylic acids is 1. The number of anilines is 2. The molecule has 0 bridgehead atoms. The first-order chi connectivity index (χ1) is 15.7. The molecule has 2 fully saturated rings. The van der Waals surface area contributed by atoms with Gasteiger partial charge in [0.1, 0.15) is 0 Å². The first-order valence-electron chi connectivity index (χ1n) is 11.3. The van der Waals surface area contributed by atoms with E-state index in [0.717, 1.165) is 59.7 Å². The van der Waals surface area contributed by atoms with E-state index in [9.17, 15) is 4.79 Å². The van der Waals surface area contributed by atoms with Gasteiger partial charge in [-0.15, -0.1) is 0 Å². The fourth-order valence-corrected chi connectivity index (χ4v) is 4.73. The van der Waals surface area contributed by atoms with Crippen molar-refractivity contribution in [3.05, 3.63) is 30.5 Å². The predicted molar refractivity (Wildman–Crippen MR) is 123 cm³/mol. The summed E-state index contributed by atoms with van der Waals surface area (Å²) in [5.74, 6) is 0.719. The summed E-state index contributed by atoms with van der Waals surface area (Å²) in [5.41, 5.74) is 6.34. The van der Waals surface area contributed by atoms with Crippen LogP contribution in [-0.4, -0.2) is 59.0 Å². The summed E-state index contributed by atoms with van der Waals surface area (Å²) in [4.78, 5) is 23.5. The Hall–Kier alpha value is -3.04. The van der Waals surface area contributed by atoms with Crippen LogP contribution in [0.15, 0.2) is 30.5 Å². The zero-order chi connectivity index (χ0) is 22.1. The van der Waals surface area contributed by atoms with Crippen LogP contribution in [0.25, 0.3) is 22.3 Å². The van der Waals surface area contributed by atoms with Gasteiger partial charge in [0.2, 0.25) is 12.4 Å². The van der Waals surface area contributed by atoms with Crippen molar-refractivity contribution in [2.45, 2.75) is 44.7 Å². The van der Waals surface area contributed by atoms with Crippen LogP contribution in [-0.2, 0) is 9.53 Å². The number of hydrogen-bond acceptors (Lipinski definition) is 7. The molecule has 3 aromatic rings. The van der Waals surface area contributed by atoms with Crippen molar-refractivity contribution in [3.63, 3.8) is 0 Å². The van der Waals surface area contributed by atoms with Crippen molar-refractivity contribution >= 4 is 29.1 Å². The zero-order valence-corrected chi connectivity index (χ0v) is 18.6. The van der Waals surface area contributed by atoms with Gasteiger partial charge in [0.25, 0.3) is 0 Å². The van der Waals surface area contributed by atoms with Crippen LogP contribution < -0.4 is 15.3 Å². The molecule has 0 radical (unpaired) electrons. The molecule has 0 unspecified atom stereocenters. The number of rotatable bonds is 6. The molecule has 1 N–H and O–H groups in total. The van der Waals surface area contributed by atoms with Crippen LogP contribution in [0.1, 0.15) is 38.6 Å². The molecule has 5 rings (SSSR count). The monoisotopic (exact) mass is 435 g/mol. The van der Waals surface area contributed by atoms with Gasteiger partial charge in [-0.05, 0) is 31.9 Å². The molecule has 1 atom stereocenters. The Labute approximate surface area is 187 Å². The predicted octanol–water partition coefficient (Wildman–Crippen LogP) is 2.93. The van der Waals surface area contributed by atoms with Crippen LogP contribution in [0, 0.1) is 0 Å². The number of carbonyl (C=O) groups is 1. The van der Waals surface area contributed by atoms with Crippen molar-refractivity contribution in [2.75, 3.05) is 36.7 Å². The van der Waals surface area contributed by atoms with Gasteiger partial charge in [-0.1, -0.05) is 25.0 Å². The third-order valence-corrected chi connectivity index (χ3v) is 6.50. The molecule has 0 spiro atoms. The third-order valence-electron chi connectivity index (χ3n) is 6.50. The Kier molecular flexibility index (Phi) is 5.75. The Balaban J connectivity index is 1.62. The van der Waals surface area contributed by atoms with Gasteiger partial charge in [-0.2, -0.15) is 10.1 Å². The first-order valence-corrected chi connectivity index (χ1v) is 11.3. The molecular weight excluding hydrogens is 406 g/mol. The Morgan fingerprint density at radius 2 is 1.97 bits per heavy atom. The van der Waals surface area contributed by atoms with Gasteiger partial charge < -0.3 is 9.64 Å². The largest absolute Gasteiger partial charge is 0.377 e. The summed E-state index contributed by atoms with van der Waals surface area (Å²) in [6.07, 6.45) is 7.39. The number of benzene rings is 1. The molecule has 2 aliphatic rings. The SMILES string of the molecule is CNN(C=O)c1ccc(-c2nc(N3CCOC[C@@H]3C)nc3c2cnn3C2CCCC2)cc1. The highest BCUT2D eigenvalue weighted by atomic mass is 16.5. The highest BCUT2D eigenvalue weighted by Crippen LogP contribution is 2.35. The normalized spacial score (nSPS) is 19.6. The minimum atomic E-state index is 0.205. The number of aromatic nitrogens is 4. The summed E-state index contributed by atoms with van der Waals surface area (Å²) in [6, 6.07) is 8.40. The van der Waals surface area contributed by atoms with Crippen molar-refractivity contribution in [1.82, 2.24) is 25.2 Å². The summed E-state index contributed by atoms with van der Waals surface area (Å²) in [5, 5.41) is 7.13. The van der Waals surface area contributed by atoms with Crippen molar-refractivity contribution in [2.24, 2.45) is 0 Å². The number of nitrogens with zero attached hydrogens (tertiary/aromatic N) is 6. The second kappa shape index (κ2) is 8.84. The molecule has 1 saturated heterocycles. The Morgan fingerprint density at radius 1 is 1.19 bits per heavy atom. The third kappa shape index (κ3) is 3.71. The number of nitrogens with one attached hydrogen (secondary N) is 1. The van der Waals surface area contributed by atoms with Gasteiger partial charge in [0, 0.05) is 19.2 Å². The second-order valence-electron chi connectivity index (χ2n) is 8.50. The van der Waals surface area contributed by atoms with Crippen molar-refractivity contribution in [1.29, 1.82) is 0 Å². The molecular formula is C23H29N7O2. The van der Waals surface area contributed by atoms with E-state index in [1.165, 1.54) is 17.9 Å². The average Bonchev–Trinajstić information content (AvgIpc) is 3.50. The minimum Gasteiger partial charge on any atom is -0.377 e. The average molecular weight is 436 g/mol. The number of amides is 1.